The molecule has 2 aromatic carbocycles. The number of hydrogen-bond acceptors (Lipinski definition) is 3. The van der Waals surface area contributed by atoms with Crippen molar-refractivity contribution < 1.29 is 4.74 Å². The van der Waals surface area contributed by atoms with Crippen LogP contribution in [-0.2, 0) is 10.7 Å². The Morgan fingerprint density at radius 3 is 2.27 bits per heavy atom. The summed E-state index contributed by atoms with van der Waals surface area (Å²) in [4.78, 5) is 0. The number of halogens is 1. The minimum absolute atomic E-state index is 0.187. The maximum Gasteiger partial charge on any atom is 0.119 e. The van der Waals surface area contributed by atoms with Crippen molar-refractivity contribution in [3.8, 4) is 5.75 Å². The quantitative estimate of drug-likeness (QED) is 0.673. The molecule has 1 fully saturated rings. The lowest BCUT2D eigenvalue weighted by atomic mass is 10.1. The molecule has 0 atom stereocenters. The number of rotatable bonds is 4. The first-order valence-corrected chi connectivity index (χ1v) is 9.76. The third-order valence-corrected chi connectivity index (χ3v) is 7.26. The Hall–Kier alpha value is -0.770. The van der Waals surface area contributed by atoms with Crippen molar-refractivity contribution in [3.63, 3.8) is 0 Å². The smallest absolute Gasteiger partial charge is 0.119 e. The van der Waals surface area contributed by atoms with Crippen molar-refractivity contribution in [3.05, 3.63) is 64.7 Å². The summed E-state index contributed by atoms with van der Waals surface area (Å²) in [5.74, 6) is 3.41. The molecule has 1 saturated heterocycles. The first-order valence-electron chi connectivity index (χ1n) is 7.41. The van der Waals surface area contributed by atoms with E-state index in [-0.39, 0.29) is 4.08 Å². The molecule has 0 spiro atoms. The van der Waals surface area contributed by atoms with Gasteiger partial charge in [0.05, 0.1) is 4.08 Å². The molecular weight excluding hydrogens is 332 g/mol. The minimum atomic E-state index is 0.187. The van der Waals surface area contributed by atoms with Crippen molar-refractivity contribution in [2.24, 2.45) is 0 Å². The zero-order valence-electron chi connectivity index (χ0n) is 12.5. The van der Waals surface area contributed by atoms with Gasteiger partial charge in [-0.3, -0.25) is 0 Å². The molecule has 22 heavy (non-hydrogen) atoms. The summed E-state index contributed by atoms with van der Waals surface area (Å²) in [6.45, 7) is 2.89. The van der Waals surface area contributed by atoms with Crippen LogP contribution < -0.4 is 4.74 Å². The van der Waals surface area contributed by atoms with E-state index in [0.29, 0.717) is 6.61 Å². The second kappa shape index (κ2) is 7.20. The Morgan fingerprint density at radius 1 is 1.00 bits per heavy atom. The highest BCUT2D eigenvalue weighted by Crippen LogP contribution is 2.49. The predicted molar refractivity (Wildman–Crippen MR) is 99.1 cm³/mol. The predicted octanol–water partition coefficient (Wildman–Crippen LogP) is 5.96. The van der Waals surface area contributed by atoms with Gasteiger partial charge in [-0.25, -0.2) is 0 Å². The Labute approximate surface area is 145 Å². The topological polar surface area (TPSA) is 9.23 Å². The van der Waals surface area contributed by atoms with Crippen molar-refractivity contribution in [1.82, 2.24) is 0 Å². The SMILES string of the molecule is CC1(c2ccc(OCc3ccc(Cl)cc3)cc2)SCCCS1. The van der Waals surface area contributed by atoms with Crippen LogP contribution in [0, 0.1) is 0 Å². The second-order valence-electron chi connectivity index (χ2n) is 5.44. The van der Waals surface area contributed by atoms with E-state index >= 15 is 0 Å². The first-order chi connectivity index (χ1) is 10.7. The van der Waals surface area contributed by atoms with Crippen LogP contribution in [-0.4, -0.2) is 11.5 Å². The summed E-state index contributed by atoms with van der Waals surface area (Å²) < 4.78 is 6.04. The summed E-state index contributed by atoms with van der Waals surface area (Å²) in [5, 5.41) is 0.754. The molecule has 0 saturated carbocycles. The van der Waals surface area contributed by atoms with Crippen LogP contribution >= 0.6 is 35.1 Å². The fraction of sp³-hybridized carbons (Fsp3) is 0.333. The Bertz CT molecular complexity index is 604. The maximum absolute atomic E-state index is 5.89. The summed E-state index contributed by atoms with van der Waals surface area (Å²) in [6, 6.07) is 16.3. The van der Waals surface area contributed by atoms with E-state index in [9.17, 15) is 0 Å². The average Bonchev–Trinajstić information content (AvgIpc) is 2.55. The highest BCUT2D eigenvalue weighted by Gasteiger charge is 2.30. The lowest BCUT2D eigenvalue weighted by molar-refractivity contribution is 0.306. The Balaban J connectivity index is 1.62. The van der Waals surface area contributed by atoms with E-state index in [2.05, 4.69) is 31.2 Å². The van der Waals surface area contributed by atoms with E-state index in [1.807, 2.05) is 47.8 Å². The molecule has 4 heteroatoms. The first kappa shape index (κ1) is 16.1. The fourth-order valence-corrected chi connectivity index (χ4v) is 5.51. The molecule has 1 heterocycles. The van der Waals surface area contributed by atoms with Crippen LogP contribution in [0.4, 0.5) is 0 Å². The van der Waals surface area contributed by atoms with Gasteiger partial charge in [-0.1, -0.05) is 35.9 Å². The molecule has 3 rings (SSSR count). The molecule has 0 amide bonds. The molecule has 0 N–H and O–H groups in total. The van der Waals surface area contributed by atoms with E-state index in [1.54, 1.807) is 0 Å². The molecule has 116 valence electrons. The average molecular weight is 351 g/mol. The molecule has 2 aromatic rings. The molecule has 0 radical (unpaired) electrons. The van der Waals surface area contributed by atoms with Crippen LogP contribution in [0.15, 0.2) is 48.5 Å². The third-order valence-electron chi connectivity index (χ3n) is 3.74. The van der Waals surface area contributed by atoms with Gasteiger partial charge in [0.15, 0.2) is 0 Å². The van der Waals surface area contributed by atoms with Crippen LogP contribution in [0.25, 0.3) is 0 Å². The molecule has 0 aromatic heterocycles. The van der Waals surface area contributed by atoms with Gasteiger partial charge in [-0.05, 0) is 60.2 Å². The van der Waals surface area contributed by atoms with Crippen molar-refractivity contribution in [2.75, 3.05) is 11.5 Å². The zero-order valence-corrected chi connectivity index (χ0v) is 14.9. The second-order valence-corrected chi connectivity index (χ2v) is 9.16. The van der Waals surface area contributed by atoms with E-state index in [0.717, 1.165) is 16.3 Å². The van der Waals surface area contributed by atoms with Gasteiger partial charge < -0.3 is 4.74 Å². The normalized spacial score (nSPS) is 17.2. The minimum Gasteiger partial charge on any atom is -0.489 e. The highest BCUT2D eigenvalue weighted by molar-refractivity contribution is 8.18. The van der Waals surface area contributed by atoms with E-state index in [4.69, 9.17) is 16.3 Å². The number of ether oxygens (including phenoxy) is 1. The van der Waals surface area contributed by atoms with Gasteiger partial charge in [-0.2, -0.15) is 0 Å². The van der Waals surface area contributed by atoms with Gasteiger partial charge in [0.25, 0.3) is 0 Å². The molecule has 0 bridgehead atoms. The van der Waals surface area contributed by atoms with E-state index in [1.165, 1.54) is 23.5 Å². The van der Waals surface area contributed by atoms with Gasteiger partial charge in [-0.15, -0.1) is 23.5 Å². The van der Waals surface area contributed by atoms with Crippen LogP contribution in [0.1, 0.15) is 24.5 Å². The lowest BCUT2D eigenvalue weighted by Gasteiger charge is -2.32. The largest absolute Gasteiger partial charge is 0.489 e. The molecule has 0 aliphatic carbocycles. The maximum atomic E-state index is 5.89. The Kier molecular flexibility index (Phi) is 5.27. The number of benzene rings is 2. The van der Waals surface area contributed by atoms with Crippen molar-refractivity contribution in [2.45, 2.75) is 24.0 Å². The van der Waals surface area contributed by atoms with Gasteiger partial charge >= 0.3 is 0 Å². The van der Waals surface area contributed by atoms with Crippen LogP contribution in [0.5, 0.6) is 5.75 Å². The highest BCUT2D eigenvalue weighted by atomic mass is 35.5. The molecule has 1 nitrogen and oxygen atoms in total. The van der Waals surface area contributed by atoms with Crippen LogP contribution in [0.3, 0.4) is 0 Å². The fourth-order valence-electron chi connectivity index (χ4n) is 2.40. The number of thioether (sulfide) groups is 2. The monoisotopic (exact) mass is 350 g/mol. The van der Waals surface area contributed by atoms with Gasteiger partial charge in [0.2, 0.25) is 0 Å². The molecule has 1 aliphatic rings. The molecule has 0 unspecified atom stereocenters. The van der Waals surface area contributed by atoms with Gasteiger partial charge in [0.1, 0.15) is 12.4 Å². The van der Waals surface area contributed by atoms with Gasteiger partial charge in [0, 0.05) is 5.02 Å². The van der Waals surface area contributed by atoms with Crippen molar-refractivity contribution >= 4 is 35.1 Å². The van der Waals surface area contributed by atoms with Crippen LogP contribution in [0.2, 0.25) is 5.02 Å². The number of hydrogen-bond donors (Lipinski definition) is 0. The van der Waals surface area contributed by atoms with E-state index < -0.39 is 0 Å². The zero-order chi connectivity index (χ0) is 15.4. The standard InChI is InChI=1S/C18H19ClOS2/c1-18(21-11-2-12-22-18)15-5-9-17(10-6-15)20-13-14-3-7-16(19)8-4-14/h3-10H,2,11-13H2,1H3. The summed E-state index contributed by atoms with van der Waals surface area (Å²) in [6.07, 6.45) is 1.31. The summed E-state index contributed by atoms with van der Waals surface area (Å²) >= 11 is 9.98. The molecular formula is C18H19ClOS2. The Morgan fingerprint density at radius 2 is 1.64 bits per heavy atom. The lowest BCUT2D eigenvalue weighted by Crippen LogP contribution is -2.18. The van der Waals surface area contributed by atoms with Crippen molar-refractivity contribution in [1.29, 1.82) is 0 Å². The molecule has 1 aliphatic heterocycles. The summed E-state index contributed by atoms with van der Waals surface area (Å²) in [7, 11) is 0. The summed E-state index contributed by atoms with van der Waals surface area (Å²) in [5.41, 5.74) is 2.50. The third kappa shape index (κ3) is 3.95.